The third-order valence-electron chi connectivity index (χ3n) is 3.88. The standard InChI is InChI=1S/C14H18IN3O5/c1-8-17-12(22)10(11(21)16-7-9(19)20)13(23)18(8)14(15)5-3-2-4-6-14/h22H,2-7H2,1H3,(H,16,21)(H,19,20). The number of carboxylic acids is 1. The lowest BCUT2D eigenvalue weighted by atomic mass is 9.95. The maximum Gasteiger partial charge on any atom is 0.322 e. The molecule has 9 heteroatoms. The molecule has 1 saturated carbocycles. The molecule has 0 aliphatic heterocycles. The van der Waals surface area contributed by atoms with E-state index < -0.39 is 39.0 Å². The first-order valence-corrected chi connectivity index (χ1v) is 8.36. The number of aromatic hydroxyl groups is 1. The average Bonchev–Trinajstić information content (AvgIpc) is 2.44. The van der Waals surface area contributed by atoms with Gasteiger partial charge in [0.25, 0.3) is 11.5 Å². The number of aliphatic carboxylic acids is 1. The van der Waals surface area contributed by atoms with Crippen molar-refractivity contribution in [3.63, 3.8) is 0 Å². The van der Waals surface area contributed by atoms with E-state index in [-0.39, 0.29) is 0 Å². The molecular formula is C14H18IN3O5. The van der Waals surface area contributed by atoms with Crippen LogP contribution in [0.1, 0.15) is 48.3 Å². The number of rotatable bonds is 4. The van der Waals surface area contributed by atoms with Gasteiger partial charge in [-0.05, 0) is 19.8 Å². The molecule has 0 spiro atoms. The molecule has 0 atom stereocenters. The summed E-state index contributed by atoms with van der Waals surface area (Å²) >= 11 is 2.21. The zero-order chi connectivity index (χ0) is 17.2. The third-order valence-corrected chi connectivity index (χ3v) is 5.44. The molecule has 126 valence electrons. The SMILES string of the molecule is Cc1nc(O)c(C(=O)NCC(=O)O)c(=O)n1C1(I)CCCCC1. The lowest BCUT2D eigenvalue weighted by Crippen LogP contribution is -2.43. The van der Waals surface area contributed by atoms with Crippen LogP contribution in [0, 0.1) is 6.92 Å². The summed E-state index contributed by atoms with van der Waals surface area (Å²) in [6, 6.07) is 0. The summed E-state index contributed by atoms with van der Waals surface area (Å²) in [7, 11) is 0. The van der Waals surface area contributed by atoms with Crippen molar-refractivity contribution in [2.24, 2.45) is 0 Å². The molecule has 8 nitrogen and oxygen atoms in total. The zero-order valence-corrected chi connectivity index (χ0v) is 14.8. The first-order valence-electron chi connectivity index (χ1n) is 7.28. The van der Waals surface area contributed by atoms with Gasteiger partial charge in [-0.3, -0.25) is 19.0 Å². The highest BCUT2D eigenvalue weighted by Gasteiger charge is 2.35. The van der Waals surface area contributed by atoms with Crippen molar-refractivity contribution in [2.45, 2.75) is 42.6 Å². The quantitative estimate of drug-likeness (QED) is 0.482. The van der Waals surface area contributed by atoms with Crippen LogP contribution in [-0.2, 0) is 8.34 Å². The number of nitrogens with one attached hydrogen (secondary N) is 1. The smallest absolute Gasteiger partial charge is 0.322 e. The van der Waals surface area contributed by atoms with Crippen LogP contribution in [0.4, 0.5) is 0 Å². The number of hydrogen-bond donors (Lipinski definition) is 3. The van der Waals surface area contributed by atoms with Crippen molar-refractivity contribution >= 4 is 34.5 Å². The number of alkyl halides is 1. The number of carboxylic acid groups (broad SMARTS) is 1. The lowest BCUT2D eigenvalue weighted by molar-refractivity contribution is -0.135. The first-order chi connectivity index (χ1) is 10.8. The van der Waals surface area contributed by atoms with Crippen LogP contribution in [0.5, 0.6) is 5.88 Å². The Morgan fingerprint density at radius 1 is 1.35 bits per heavy atom. The normalized spacial score (nSPS) is 16.8. The summed E-state index contributed by atoms with van der Waals surface area (Å²) in [6.07, 6.45) is 4.58. The summed E-state index contributed by atoms with van der Waals surface area (Å²) in [5, 5.41) is 20.6. The van der Waals surface area contributed by atoms with Crippen molar-refractivity contribution in [1.29, 1.82) is 0 Å². The summed E-state index contributed by atoms with van der Waals surface area (Å²) in [4.78, 5) is 39.3. The van der Waals surface area contributed by atoms with Gasteiger partial charge in [-0.2, -0.15) is 4.98 Å². The maximum absolute atomic E-state index is 12.8. The van der Waals surface area contributed by atoms with Gasteiger partial charge in [0.2, 0.25) is 5.88 Å². The number of hydrogen-bond acceptors (Lipinski definition) is 5. The summed E-state index contributed by atoms with van der Waals surface area (Å²) in [5.41, 5.74) is -1.16. The van der Waals surface area contributed by atoms with E-state index in [9.17, 15) is 19.5 Å². The van der Waals surface area contributed by atoms with Crippen LogP contribution in [0.25, 0.3) is 0 Å². The third kappa shape index (κ3) is 3.65. The Morgan fingerprint density at radius 3 is 2.52 bits per heavy atom. The molecule has 0 bridgehead atoms. The van der Waals surface area contributed by atoms with Gasteiger partial charge in [0.15, 0.2) is 5.56 Å². The Morgan fingerprint density at radius 2 is 1.96 bits per heavy atom. The minimum Gasteiger partial charge on any atom is -0.493 e. The predicted octanol–water partition coefficient (Wildman–Crippen LogP) is 1.12. The molecule has 1 aromatic rings. The monoisotopic (exact) mass is 435 g/mol. The van der Waals surface area contributed by atoms with Crippen LogP contribution in [-0.4, -0.2) is 38.2 Å². The van der Waals surface area contributed by atoms with Crippen molar-refractivity contribution < 1.29 is 19.8 Å². The van der Waals surface area contributed by atoms with Gasteiger partial charge in [0.05, 0.1) is 0 Å². The van der Waals surface area contributed by atoms with Crippen molar-refractivity contribution in [3.8, 4) is 5.88 Å². The fraction of sp³-hybridized carbons (Fsp3) is 0.571. The van der Waals surface area contributed by atoms with Crippen molar-refractivity contribution in [2.75, 3.05) is 6.54 Å². The van der Waals surface area contributed by atoms with Crippen LogP contribution < -0.4 is 10.9 Å². The second-order valence-electron chi connectivity index (χ2n) is 5.55. The van der Waals surface area contributed by atoms with Gasteiger partial charge in [-0.1, -0.05) is 41.9 Å². The minimum absolute atomic E-state index is 0.332. The molecule has 0 radical (unpaired) electrons. The highest BCUT2D eigenvalue weighted by Crippen LogP contribution is 2.40. The Labute approximate surface area is 146 Å². The predicted molar refractivity (Wildman–Crippen MR) is 89.9 cm³/mol. The van der Waals surface area contributed by atoms with Gasteiger partial charge in [-0.15, -0.1) is 0 Å². The van der Waals surface area contributed by atoms with E-state index in [1.807, 2.05) is 0 Å². The van der Waals surface area contributed by atoms with Gasteiger partial charge in [0.1, 0.15) is 15.9 Å². The van der Waals surface area contributed by atoms with Gasteiger partial charge < -0.3 is 15.5 Å². The number of halogens is 1. The molecule has 0 unspecified atom stereocenters. The van der Waals surface area contributed by atoms with Crippen molar-refractivity contribution in [1.82, 2.24) is 14.9 Å². The maximum atomic E-state index is 12.8. The summed E-state index contributed by atoms with van der Waals surface area (Å²) in [6.45, 7) is 0.968. The lowest BCUT2D eigenvalue weighted by Gasteiger charge is -2.34. The fourth-order valence-electron chi connectivity index (χ4n) is 2.85. The summed E-state index contributed by atoms with van der Waals surface area (Å²) in [5.74, 6) is -2.52. The summed E-state index contributed by atoms with van der Waals surface area (Å²) < 4.78 is 0.960. The second kappa shape index (κ2) is 6.85. The molecule has 23 heavy (non-hydrogen) atoms. The fourth-order valence-corrected chi connectivity index (χ4v) is 4.18. The highest BCUT2D eigenvalue weighted by atomic mass is 127. The molecular weight excluding hydrogens is 417 g/mol. The number of amides is 1. The molecule has 1 aliphatic carbocycles. The molecule has 1 aromatic heterocycles. The number of aryl methyl sites for hydroxylation is 1. The second-order valence-corrected chi connectivity index (χ2v) is 7.56. The molecule has 3 N–H and O–H groups in total. The number of aromatic nitrogens is 2. The van der Waals surface area contributed by atoms with Gasteiger partial charge in [-0.25, -0.2) is 0 Å². The van der Waals surface area contributed by atoms with Gasteiger partial charge >= 0.3 is 5.97 Å². The van der Waals surface area contributed by atoms with E-state index >= 15 is 0 Å². The van der Waals surface area contributed by atoms with Crippen LogP contribution >= 0.6 is 22.6 Å². The Kier molecular flexibility index (Phi) is 5.27. The van der Waals surface area contributed by atoms with Crippen molar-refractivity contribution in [3.05, 3.63) is 21.7 Å². The largest absolute Gasteiger partial charge is 0.493 e. The van der Waals surface area contributed by atoms with E-state index in [0.29, 0.717) is 5.82 Å². The zero-order valence-electron chi connectivity index (χ0n) is 12.6. The average molecular weight is 435 g/mol. The molecule has 1 heterocycles. The van der Waals surface area contributed by atoms with Gasteiger partial charge in [0, 0.05) is 0 Å². The van der Waals surface area contributed by atoms with Crippen LogP contribution in [0.3, 0.4) is 0 Å². The number of nitrogens with zero attached hydrogens (tertiary/aromatic N) is 2. The van der Waals surface area contributed by atoms with E-state index in [2.05, 4.69) is 32.9 Å². The van der Waals surface area contributed by atoms with Crippen LogP contribution in [0.2, 0.25) is 0 Å². The molecule has 1 aliphatic rings. The first kappa shape index (κ1) is 17.7. The molecule has 0 aromatic carbocycles. The van der Waals surface area contributed by atoms with E-state index in [1.54, 1.807) is 6.92 Å². The molecule has 1 amide bonds. The minimum atomic E-state index is -1.24. The number of carbonyl (C=O) groups is 2. The Hall–Kier alpha value is -1.65. The topological polar surface area (TPSA) is 122 Å². The Balaban J connectivity index is 2.49. The van der Waals surface area contributed by atoms with E-state index in [0.717, 1.165) is 32.1 Å². The van der Waals surface area contributed by atoms with E-state index in [1.165, 1.54) is 4.57 Å². The Bertz CT molecular complexity index is 694. The van der Waals surface area contributed by atoms with E-state index in [4.69, 9.17) is 5.11 Å². The van der Waals surface area contributed by atoms with Crippen LogP contribution in [0.15, 0.2) is 4.79 Å². The number of carbonyl (C=O) groups excluding carboxylic acids is 1. The highest BCUT2D eigenvalue weighted by molar-refractivity contribution is 14.1. The molecule has 0 saturated heterocycles. The molecule has 2 rings (SSSR count). The molecule has 1 fully saturated rings.